The van der Waals surface area contributed by atoms with Crippen LogP contribution in [0.25, 0.3) is 27.7 Å². The summed E-state index contributed by atoms with van der Waals surface area (Å²) in [6.45, 7) is 10.2. The van der Waals surface area contributed by atoms with Crippen LogP contribution in [0.3, 0.4) is 0 Å². The normalized spacial score (nSPS) is 11.6. The molecule has 0 aliphatic carbocycles. The predicted octanol–water partition coefficient (Wildman–Crippen LogP) is 7.60. The molecule has 0 spiro atoms. The Balaban J connectivity index is 1.77. The second-order valence-electron chi connectivity index (χ2n) is 8.48. The van der Waals surface area contributed by atoms with Crippen molar-refractivity contribution in [2.45, 2.75) is 34.6 Å². The zero-order chi connectivity index (χ0) is 24.4. The first kappa shape index (κ1) is 23.3. The van der Waals surface area contributed by atoms with E-state index < -0.39 is 0 Å². The first-order valence-corrected chi connectivity index (χ1v) is 11.3. The Hall–Kier alpha value is -3.86. The number of carbonyl (C=O) groups is 1. The molecule has 4 rings (SSSR count). The summed E-state index contributed by atoms with van der Waals surface area (Å²) in [5, 5.41) is 3.85. The largest absolute Gasteiger partial charge is 0.493 e. The number of hydrogen-bond acceptors (Lipinski definition) is 3. The maximum atomic E-state index is 13.5. The van der Waals surface area contributed by atoms with Gasteiger partial charge in [-0.05, 0) is 75.6 Å². The second-order valence-corrected chi connectivity index (χ2v) is 8.48. The molecule has 0 unspecified atom stereocenters. The Morgan fingerprint density at radius 2 is 1.82 bits per heavy atom. The van der Waals surface area contributed by atoms with E-state index in [9.17, 15) is 9.18 Å². The van der Waals surface area contributed by atoms with E-state index in [1.807, 2.05) is 58.9 Å². The lowest BCUT2D eigenvalue weighted by atomic mass is 9.96. The summed E-state index contributed by atoms with van der Waals surface area (Å²) < 4.78 is 25.3. The Morgan fingerprint density at radius 1 is 1.09 bits per heavy atom. The van der Waals surface area contributed by atoms with Gasteiger partial charge in [0, 0.05) is 33.8 Å². The number of rotatable bonds is 6. The average molecular weight is 458 g/mol. The standard InChI is InChI=1S/C29H28FNO3/c1-6-33-28-20(5)29-24(25(16-34-29)21-8-10-22(30)11-9-21)15-23(28)18(3)14-27(32)31-26-12-7-17(2)13-19(26)4/h7-16H,6H2,1-5H3,(H,31,32)/b18-14+. The summed E-state index contributed by atoms with van der Waals surface area (Å²) in [5.74, 6) is 0.180. The minimum atomic E-state index is -0.291. The van der Waals surface area contributed by atoms with Crippen molar-refractivity contribution in [3.05, 3.63) is 88.9 Å². The predicted molar refractivity (Wildman–Crippen MR) is 136 cm³/mol. The molecule has 34 heavy (non-hydrogen) atoms. The van der Waals surface area contributed by atoms with Crippen molar-refractivity contribution in [3.63, 3.8) is 0 Å². The lowest BCUT2D eigenvalue weighted by molar-refractivity contribution is -0.111. The summed E-state index contributed by atoms with van der Waals surface area (Å²) in [6, 6.07) is 14.2. The van der Waals surface area contributed by atoms with Crippen LogP contribution in [0.1, 0.15) is 36.1 Å². The fourth-order valence-electron chi connectivity index (χ4n) is 4.19. The molecule has 1 amide bonds. The molecule has 4 aromatic rings. The maximum absolute atomic E-state index is 13.5. The van der Waals surface area contributed by atoms with Crippen molar-refractivity contribution in [3.8, 4) is 16.9 Å². The highest BCUT2D eigenvalue weighted by atomic mass is 19.1. The number of aryl methyl sites for hydroxylation is 3. The molecular formula is C29H28FNO3. The fraction of sp³-hybridized carbons (Fsp3) is 0.207. The topological polar surface area (TPSA) is 51.5 Å². The SMILES string of the molecule is CCOc1c(/C(C)=C/C(=O)Nc2ccc(C)cc2C)cc2c(-c3ccc(F)cc3)coc2c1C. The molecule has 1 aromatic heterocycles. The minimum Gasteiger partial charge on any atom is -0.493 e. The Kier molecular flexibility index (Phi) is 6.55. The van der Waals surface area contributed by atoms with Gasteiger partial charge in [0.15, 0.2) is 0 Å². The number of amides is 1. The van der Waals surface area contributed by atoms with Gasteiger partial charge in [-0.2, -0.15) is 0 Å². The molecule has 4 nitrogen and oxygen atoms in total. The summed E-state index contributed by atoms with van der Waals surface area (Å²) in [5.41, 5.74) is 7.78. The fourth-order valence-corrected chi connectivity index (χ4v) is 4.19. The summed E-state index contributed by atoms with van der Waals surface area (Å²) in [4.78, 5) is 12.8. The highest BCUT2D eigenvalue weighted by Crippen LogP contribution is 2.40. The van der Waals surface area contributed by atoms with Gasteiger partial charge in [0.25, 0.3) is 0 Å². The van der Waals surface area contributed by atoms with E-state index in [1.165, 1.54) is 12.1 Å². The zero-order valence-corrected chi connectivity index (χ0v) is 20.1. The quantitative estimate of drug-likeness (QED) is 0.303. The van der Waals surface area contributed by atoms with Gasteiger partial charge in [0.1, 0.15) is 17.1 Å². The number of benzene rings is 3. The summed E-state index contributed by atoms with van der Waals surface area (Å²) >= 11 is 0. The molecule has 0 saturated heterocycles. The van der Waals surface area contributed by atoms with Crippen molar-refractivity contribution >= 4 is 28.1 Å². The number of nitrogens with one attached hydrogen (secondary N) is 1. The van der Waals surface area contributed by atoms with Crippen LogP contribution in [0.2, 0.25) is 0 Å². The lowest BCUT2D eigenvalue weighted by Crippen LogP contribution is -2.10. The van der Waals surface area contributed by atoms with Gasteiger partial charge in [0.05, 0.1) is 12.9 Å². The smallest absolute Gasteiger partial charge is 0.248 e. The van der Waals surface area contributed by atoms with Crippen molar-refractivity contribution in [2.24, 2.45) is 0 Å². The number of ether oxygens (including phenoxy) is 1. The van der Waals surface area contributed by atoms with Gasteiger partial charge in [-0.15, -0.1) is 0 Å². The molecule has 0 radical (unpaired) electrons. The van der Waals surface area contributed by atoms with E-state index in [1.54, 1.807) is 24.5 Å². The number of allylic oxidation sites excluding steroid dienone is 1. The van der Waals surface area contributed by atoms with Gasteiger partial charge in [-0.25, -0.2) is 4.39 Å². The van der Waals surface area contributed by atoms with Crippen LogP contribution in [0.15, 0.2) is 65.3 Å². The molecule has 0 atom stereocenters. The van der Waals surface area contributed by atoms with Gasteiger partial charge in [-0.1, -0.05) is 29.8 Å². The Labute approximate surface area is 199 Å². The molecule has 0 fully saturated rings. The molecule has 0 aliphatic rings. The van der Waals surface area contributed by atoms with E-state index in [-0.39, 0.29) is 11.7 Å². The second kappa shape index (κ2) is 9.56. The third-order valence-electron chi connectivity index (χ3n) is 5.90. The van der Waals surface area contributed by atoms with Gasteiger partial charge >= 0.3 is 0 Å². The minimum absolute atomic E-state index is 0.212. The monoisotopic (exact) mass is 457 g/mol. The Morgan fingerprint density at radius 3 is 2.50 bits per heavy atom. The van der Waals surface area contributed by atoms with Crippen molar-refractivity contribution in [1.82, 2.24) is 0 Å². The van der Waals surface area contributed by atoms with Crippen LogP contribution in [-0.4, -0.2) is 12.5 Å². The van der Waals surface area contributed by atoms with Gasteiger partial charge in [0.2, 0.25) is 5.91 Å². The molecule has 1 heterocycles. The molecule has 5 heteroatoms. The Bertz CT molecular complexity index is 1400. The van der Waals surface area contributed by atoms with E-state index >= 15 is 0 Å². The van der Waals surface area contributed by atoms with Crippen molar-refractivity contribution in [2.75, 3.05) is 11.9 Å². The molecule has 174 valence electrons. The van der Waals surface area contributed by atoms with Crippen LogP contribution in [0.4, 0.5) is 10.1 Å². The van der Waals surface area contributed by atoms with Crippen molar-refractivity contribution in [1.29, 1.82) is 0 Å². The van der Waals surface area contributed by atoms with Crippen LogP contribution in [0, 0.1) is 26.6 Å². The first-order valence-electron chi connectivity index (χ1n) is 11.3. The van der Waals surface area contributed by atoms with Crippen LogP contribution < -0.4 is 10.1 Å². The van der Waals surface area contributed by atoms with E-state index in [2.05, 4.69) is 5.32 Å². The van der Waals surface area contributed by atoms with E-state index in [4.69, 9.17) is 9.15 Å². The number of halogens is 1. The van der Waals surface area contributed by atoms with Crippen LogP contribution in [0.5, 0.6) is 5.75 Å². The molecule has 3 aromatic carbocycles. The third kappa shape index (κ3) is 4.60. The number of furan rings is 1. The van der Waals surface area contributed by atoms with Crippen molar-refractivity contribution < 1.29 is 18.3 Å². The number of fused-ring (bicyclic) bond motifs is 1. The van der Waals surface area contributed by atoms with Gasteiger partial charge in [-0.3, -0.25) is 4.79 Å². The van der Waals surface area contributed by atoms with E-state index in [0.717, 1.165) is 50.0 Å². The summed E-state index contributed by atoms with van der Waals surface area (Å²) in [6.07, 6.45) is 3.26. The molecule has 0 bridgehead atoms. The maximum Gasteiger partial charge on any atom is 0.248 e. The highest BCUT2D eigenvalue weighted by molar-refractivity contribution is 6.06. The number of anilines is 1. The molecule has 1 N–H and O–H groups in total. The lowest BCUT2D eigenvalue weighted by Gasteiger charge is -2.15. The van der Waals surface area contributed by atoms with Gasteiger partial charge < -0.3 is 14.5 Å². The number of carbonyl (C=O) groups excluding carboxylic acids is 1. The van der Waals surface area contributed by atoms with E-state index in [0.29, 0.717) is 17.9 Å². The highest BCUT2D eigenvalue weighted by Gasteiger charge is 2.19. The summed E-state index contributed by atoms with van der Waals surface area (Å²) in [7, 11) is 0. The third-order valence-corrected chi connectivity index (χ3v) is 5.90. The van der Waals surface area contributed by atoms with Crippen LogP contribution in [-0.2, 0) is 4.79 Å². The van der Waals surface area contributed by atoms with Crippen LogP contribution >= 0.6 is 0 Å². The first-order chi connectivity index (χ1) is 16.3. The molecule has 0 saturated carbocycles. The molecule has 0 aliphatic heterocycles. The molecular weight excluding hydrogens is 429 g/mol. The number of hydrogen-bond donors (Lipinski definition) is 1. The zero-order valence-electron chi connectivity index (χ0n) is 20.1. The average Bonchev–Trinajstić information content (AvgIpc) is 3.22.